The summed E-state index contributed by atoms with van der Waals surface area (Å²) >= 11 is 6.11. The summed E-state index contributed by atoms with van der Waals surface area (Å²) in [5.41, 5.74) is 1.98. The van der Waals surface area contributed by atoms with E-state index in [0.717, 1.165) is 11.3 Å². The van der Waals surface area contributed by atoms with E-state index < -0.39 is 4.92 Å². The van der Waals surface area contributed by atoms with Gasteiger partial charge in [-0.05, 0) is 43.7 Å². The van der Waals surface area contributed by atoms with Crippen LogP contribution in [0.25, 0.3) is 0 Å². The first-order valence-electron chi connectivity index (χ1n) is 7.67. The minimum atomic E-state index is -0.545. The second-order valence-electron chi connectivity index (χ2n) is 5.55. The molecule has 0 saturated heterocycles. The van der Waals surface area contributed by atoms with Crippen LogP contribution >= 0.6 is 11.6 Å². The Balaban J connectivity index is 1.98. The molecule has 0 spiro atoms. The number of hydrogen-bond donors (Lipinski definition) is 2. The molecule has 0 aliphatic heterocycles. The number of nitrogens with one attached hydrogen (secondary N) is 2. The van der Waals surface area contributed by atoms with Crippen LogP contribution in [0.15, 0.2) is 42.7 Å². The maximum absolute atomic E-state index is 11.6. The summed E-state index contributed by atoms with van der Waals surface area (Å²) in [7, 11) is 0. The Morgan fingerprint density at radius 3 is 2.46 bits per heavy atom. The summed E-state index contributed by atoms with van der Waals surface area (Å²) in [6.07, 6.45) is 1.24. The summed E-state index contributed by atoms with van der Waals surface area (Å²) in [5, 5.41) is 18.0. The highest BCUT2D eigenvalue weighted by atomic mass is 35.5. The number of hydrogen-bond acceptors (Lipinski definition) is 7. The molecule has 0 amide bonds. The topological polar surface area (TPSA) is 106 Å². The Morgan fingerprint density at radius 1 is 1.08 bits per heavy atom. The van der Waals surface area contributed by atoms with Gasteiger partial charge in [0.2, 0.25) is 11.6 Å². The van der Waals surface area contributed by atoms with Crippen molar-refractivity contribution in [2.24, 2.45) is 0 Å². The van der Waals surface area contributed by atoms with Crippen molar-refractivity contribution >= 4 is 40.4 Å². The average molecular weight is 371 g/mol. The minimum absolute atomic E-state index is 0.0452. The van der Waals surface area contributed by atoms with E-state index in [9.17, 15) is 10.1 Å². The number of aryl methyl sites for hydroxylation is 2. The van der Waals surface area contributed by atoms with E-state index in [0.29, 0.717) is 16.5 Å². The van der Waals surface area contributed by atoms with Gasteiger partial charge in [-0.2, -0.15) is 0 Å². The van der Waals surface area contributed by atoms with Crippen molar-refractivity contribution in [2.75, 3.05) is 10.6 Å². The zero-order valence-corrected chi connectivity index (χ0v) is 14.8. The lowest BCUT2D eigenvalue weighted by Crippen LogP contribution is -2.06. The standard InChI is InChI=1S/C17H15ClN6O2/c1-10-6-7-12(8-13(10)18)22-16-15(24(25)26)17(20-9-19-16)23-14-5-3-4-11(2)21-14/h3-9H,1-2H3,(H2,19,20,21,22,23). The fourth-order valence-corrected chi connectivity index (χ4v) is 2.46. The van der Waals surface area contributed by atoms with Crippen LogP contribution in [0, 0.1) is 24.0 Å². The summed E-state index contributed by atoms with van der Waals surface area (Å²) in [4.78, 5) is 23.3. The highest BCUT2D eigenvalue weighted by molar-refractivity contribution is 6.31. The Kier molecular flexibility index (Phi) is 4.94. The van der Waals surface area contributed by atoms with E-state index >= 15 is 0 Å². The van der Waals surface area contributed by atoms with Crippen LogP contribution in [-0.2, 0) is 0 Å². The van der Waals surface area contributed by atoms with Crippen molar-refractivity contribution in [3.63, 3.8) is 0 Å². The zero-order chi connectivity index (χ0) is 18.7. The van der Waals surface area contributed by atoms with Crippen LogP contribution in [0.1, 0.15) is 11.3 Å². The SMILES string of the molecule is Cc1cccc(Nc2ncnc(Nc3ccc(C)c(Cl)c3)c2[N+](=O)[O-])n1. The second kappa shape index (κ2) is 7.32. The van der Waals surface area contributed by atoms with Gasteiger partial charge in [0.1, 0.15) is 12.1 Å². The molecule has 8 nitrogen and oxygen atoms in total. The maximum atomic E-state index is 11.6. The maximum Gasteiger partial charge on any atom is 0.353 e. The third-order valence-electron chi connectivity index (χ3n) is 3.57. The Labute approximate surface area is 154 Å². The lowest BCUT2D eigenvalue weighted by Gasteiger charge is -2.10. The van der Waals surface area contributed by atoms with Gasteiger partial charge in [-0.3, -0.25) is 10.1 Å². The van der Waals surface area contributed by atoms with E-state index in [-0.39, 0.29) is 17.3 Å². The quantitative estimate of drug-likeness (QED) is 0.501. The molecule has 2 heterocycles. The molecule has 3 aromatic rings. The fraction of sp³-hybridized carbons (Fsp3) is 0.118. The van der Waals surface area contributed by atoms with Gasteiger partial charge in [0, 0.05) is 16.4 Å². The van der Waals surface area contributed by atoms with Gasteiger partial charge in [-0.15, -0.1) is 0 Å². The van der Waals surface area contributed by atoms with Crippen LogP contribution < -0.4 is 10.6 Å². The molecule has 0 bridgehead atoms. The number of nitro groups is 1. The summed E-state index contributed by atoms with van der Waals surface area (Å²) in [6.45, 7) is 3.70. The van der Waals surface area contributed by atoms with Crippen molar-refractivity contribution in [1.29, 1.82) is 0 Å². The summed E-state index contributed by atoms with van der Waals surface area (Å²) < 4.78 is 0. The van der Waals surface area contributed by atoms with Crippen LogP contribution in [0.4, 0.5) is 28.8 Å². The fourth-order valence-electron chi connectivity index (χ4n) is 2.28. The molecule has 0 aliphatic carbocycles. The van der Waals surface area contributed by atoms with Crippen LogP contribution in [0.2, 0.25) is 5.02 Å². The van der Waals surface area contributed by atoms with E-state index in [1.165, 1.54) is 6.33 Å². The molecule has 2 N–H and O–H groups in total. The normalized spacial score (nSPS) is 10.4. The molecule has 0 radical (unpaired) electrons. The first-order chi connectivity index (χ1) is 12.4. The van der Waals surface area contributed by atoms with Gasteiger partial charge < -0.3 is 10.6 Å². The largest absolute Gasteiger partial charge is 0.353 e. The molecular weight excluding hydrogens is 356 g/mol. The van der Waals surface area contributed by atoms with Crippen LogP contribution in [-0.4, -0.2) is 19.9 Å². The Bertz CT molecular complexity index is 979. The van der Waals surface area contributed by atoms with Crippen LogP contribution in [0.5, 0.6) is 0 Å². The van der Waals surface area contributed by atoms with Gasteiger partial charge in [-0.25, -0.2) is 15.0 Å². The number of halogens is 1. The van der Waals surface area contributed by atoms with Crippen LogP contribution in [0.3, 0.4) is 0 Å². The number of anilines is 4. The van der Waals surface area contributed by atoms with Gasteiger partial charge in [0.15, 0.2) is 0 Å². The molecule has 3 rings (SSSR count). The number of aromatic nitrogens is 3. The average Bonchev–Trinajstić information content (AvgIpc) is 2.58. The summed E-state index contributed by atoms with van der Waals surface area (Å²) in [5.74, 6) is 0.556. The molecule has 9 heteroatoms. The van der Waals surface area contributed by atoms with Gasteiger partial charge >= 0.3 is 5.69 Å². The van der Waals surface area contributed by atoms with Gasteiger partial charge in [0.25, 0.3) is 0 Å². The molecule has 1 aromatic carbocycles. The second-order valence-corrected chi connectivity index (χ2v) is 5.96. The zero-order valence-electron chi connectivity index (χ0n) is 14.0. The summed E-state index contributed by atoms with van der Waals surface area (Å²) in [6, 6.07) is 10.6. The molecule has 0 saturated carbocycles. The smallest absolute Gasteiger partial charge is 0.334 e. The molecule has 0 fully saturated rings. The number of nitrogens with zero attached hydrogens (tertiary/aromatic N) is 4. The highest BCUT2D eigenvalue weighted by Crippen LogP contribution is 2.33. The third-order valence-corrected chi connectivity index (χ3v) is 3.98. The van der Waals surface area contributed by atoms with Crippen molar-refractivity contribution in [3.8, 4) is 0 Å². The van der Waals surface area contributed by atoms with Crippen molar-refractivity contribution in [3.05, 3.63) is 69.1 Å². The first kappa shape index (κ1) is 17.6. The predicted octanol–water partition coefficient (Wildman–Crippen LogP) is 4.54. The molecule has 0 unspecified atom stereocenters. The van der Waals surface area contributed by atoms with E-state index in [4.69, 9.17) is 11.6 Å². The van der Waals surface area contributed by atoms with Gasteiger partial charge in [-0.1, -0.05) is 23.7 Å². The lowest BCUT2D eigenvalue weighted by atomic mass is 10.2. The van der Waals surface area contributed by atoms with E-state index in [1.807, 2.05) is 26.0 Å². The molecular formula is C17H15ClN6O2. The number of rotatable bonds is 5. The predicted molar refractivity (Wildman–Crippen MR) is 100 cm³/mol. The number of pyridine rings is 1. The van der Waals surface area contributed by atoms with Crippen molar-refractivity contribution in [1.82, 2.24) is 15.0 Å². The molecule has 0 atom stereocenters. The monoisotopic (exact) mass is 370 g/mol. The number of benzene rings is 1. The van der Waals surface area contributed by atoms with E-state index in [1.54, 1.807) is 24.3 Å². The lowest BCUT2D eigenvalue weighted by molar-refractivity contribution is -0.383. The van der Waals surface area contributed by atoms with E-state index in [2.05, 4.69) is 25.6 Å². The molecule has 2 aromatic heterocycles. The Hall–Kier alpha value is -3.26. The molecule has 26 heavy (non-hydrogen) atoms. The highest BCUT2D eigenvalue weighted by Gasteiger charge is 2.23. The Morgan fingerprint density at radius 2 is 1.81 bits per heavy atom. The van der Waals surface area contributed by atoms with Crippen molar-refractivity contribution in [2.45, 2.75) is 13.8 Å². The molecule has 132 valence electrons. The van der Waals surface area contributed by atoms with Crippen molar-refractivity contribution < 1.29 is 4.92 Å². The first-order valence-corrected chi connectivity index (χ1v) is 8.05. The minimum Gasteiger partial charge on any atom is -0.334 e. The van der Waals surface area contributed by atoms with Gasteiger partial charge in [0.05, 0.1) is 4.92 Å². The third kappa shape index (κ3) is 3.86. The molecule has 0 aliphatic rings.